The SMILES string of the molecule is CCC1=C(C)c2cc3[nH]c(c4c5[nH]c(cc6nc(cc1n2)C(C)=C6CC)c(C)c5C(=O)OC4=O)[C@@H](CCC(=O)NCCC[P+](c1ccccc1)(c1ccccc1)c1ccccc1)[C@@H]3C. The number of carbonyl (C=O) groups is 3. The predicted molar refractivity (Wildman–Crippen MR) is 260 cm³/mol. The number of hydrogen-bond donors (Lipinski definition) is 3. The Morgan fingerprint density at radius 3 is 1.80 bits per heavy atom. The van der Waals surface area contributed by atoms with Gasteiger partial charge in [0.1, 0.15) is 28.7 Å². The number of carbonyl (C=O) groups excluding carboxylic acids is 3. The fourth-order valence-corrected chi connectivity index (χ4v) is 14.6. The molecule has 2 atom stereocenters. The van der Waals surface area contributed by atoms with Crippen molar-refractivity contribution in [1.29, 1.82) is 0 Å². The van der Waals surface area contributed by atoms with Crippen LogP contribution in [0.2, 0.25) is 0 Å². The summed E-state index contributed by atoms with van der Waals surface area (Å²) < 4.78 is 5.51. The summed E-state index contributed by atoms with van der Waals surface area (Å²) in [6.07, 6.45) is 3.98. The fourth-order valence-electron chi connectivity index (χ4n) is 10.3. The number of nitrogens with one attached hydrogen (secondary N) is 3. The molecule has 3 aromatic carbocycles. The van der Waals surface area contributed by atoms with Gasteiger partial charge in [-0.05, 0) is 129 Å². The van der Waals surface area contributed by atoms with Crippen molar-refractivity contribution in [3.05, 3.63) is 160 Å². The van der Waals surface area contributed by atoms with Crippen LogP contribution in [-0.2, 0) is 9.53 Å². The van der Waals surface area contributed by atoms with Gasteiger partial charge in [-0.1, -0.05) is 75.4 Å². The quantitative estimate of drug-likeness (QED) is 0.0496. The van der Waals surface area contributed by atoms with Gasteiger partial charge in [0.2, 0.25) is 5.91 Å². The number of fused-ring (bicyclic) bond motifs is 8. The third-order valence-electron chi connectivity index (χ3n) is 13.7. The first-order valence-corrected chi connectivity index (χ1v) is 24.6. The minimum atomic E-state index is -2.04. The Balaban J connectivity index is 1.06. The van der Waals surface area contributed by atoms with E-state index in [0.717, 1.165) is 70.6 Å². The van der Waals surface area contributed by atoms with Crippen molar-refractivity contribution in [2.75, 3.05) is 12.7 Å². The number of amides is 1. The molecule has 8 bridgehead atoms. The Morgan fingerprint density at radius 1 is 0.703 bits per heavy atom. The van der Waals surface area contributed by atoms with E-state index < -0.39 is 19.2 Å². The number of aryl methyl sites for hydroxylation is 1. The predicted octanol–water partition coefficient (Wildman–Crippen LogP) is 10.5. The highest BCUT2D eigenvalue weighted by Gasteiger charge is 2.45. The topological polar surface area (TPSA) is 130 Å². The highest BCUT2D eigenvalue weighted by atomic mass is 31.2. The van der Waals surface area contributed by atoms with Crippen molar-refractivity contribution >= 4 is 74.3 Å². The van der Waals surface area contributed by atoms with Crippen LogP contribution in [0.4, 0.5) is 0 Å². The lowest BCUT2D eigenvalue weighted by Crippen LogP contribution is -2.34. The summed E-state index contributed by atoms with van der Waals surface area (Å²) in [6.45, 7) is 13.0. The number of aromatic nitrogens is 4. The summed E-state index contributed by atoms with van der Waals surface area (Å²) in [5.74, 6) is -1.82. The highest BCUT2D eigenvalue weighted by molar-refractivity contribution is 7.95. The molecule has 0 unspecified atom stereocenters. The normalized spacial score (nSPS) is 16.5. The van der Waals surface area contributed by atoms with Crippen LogP contribution in [0.25, 0.3) is 33.3 Å². The molecule has 64 heavy (non-hydrogen) atoms. The van der Waals surface area contributed by atoms with Crippen molar-refractivity contribution in [3.8, 4) is 0 Å². The second-order valence-electron chi connectivity index (χ2n) is 17.2. The van der Waals surface area contributed by atoms with Crippen molar-refractivity contribution in [2.45, 2.75) is 85.5 Å². The largest absolute Gasteiger partial charge is 0.386 e. The Labute approximate surface area is 375 Å². The van der Waals surface area contributed by atoms with Gasteiger partial charge in [-0.3, -0.25) is 4.79 Å². The zero-order valence-electron chi connectivity index (χ0n) is 37.5. The van der Waals surface area contributed by atoms with Crippen molar-refractivity contribution in [2.24, 2.45) is 0 Å². The zero-order chi connectivity index (χ0) is 44.7. The number of hydrogen-bond acceptors (Lipinski definition) is 6. The zero-order valence-corrected chi connectivity index (χ0v) is 38.4. The molecule has 5 aromatic rings. The van der Waals surface area contributed by atoms with E-state index in [9.17, 15) is 14.4 Å². The Morgan fingerprint density at radius 2 is 1.23 bits per heavy atom. The molecular formula is C54H55N5O4P+. The average Bonchev–Trinajstić information content (AvgIpc) is 3.99. The number of ether oxygens (including phenoxy) is 1. The summed E-state index contributed by atoms with van der Waals surface area (Å²) >= 11 is 0. The molecule has 0 spiro atoms. The van der Waals surface area contributed by atoms with Gasteiger partial charge in [0.15, 0.2) is 0 Å². The number of benzene rings is 3. The number of cyclic esters (lactones) is 2. The molecule has 3 N–H and O–H groups in total. The van der Waals surface area contributed by atoms with Crippen LogP contribution in [0.5, 0.6) is 0 Å². The fraction of sp³-hybridized carbons (Fsp3) is 0.278. The lowest BCUT2D eigenvalue weighted by Gasteiger charge is -2.27. The smallest absolute Gasteiger partial charge is 0.349 e. The monoisotopic (exact) mass is 868 g/mol. The molecule has 0 saturated heterocycles. The number of aromatic amines is 2. The third-order valence-corrected chi connectivity index (χ3v) is 18.3. The molecule has 4 aliphatic rings. The molecule has 4 aliphatic heterocycles. The summed E-state index contributed by atoms with van der Waals surface area (Å²) in [4.78, 5) is 58.8. The first-order valence-electron chi connectivity index (χ1n) is 22.6. The third kappa shape index (κ3) is 7.49. The van der Waals surface area contributed by atoms with Gasteiger partial charge >= 0.3 is 11.9 Å². The van der Waals surface area contributed by atoms with E-state index in [1.807, 2.05) is 13.0 Å². The molecule has 0 radical (unpaired) electrons. The van der Waals surface area contributed by atoms with Crippen LogP contribution in [0.3, 0.4) is 0 Å². The van der Waals surface area contributed by atoms with E-state index in [4.69, 9.17) is 14.7 Å². The van der Waals surface area contributed by atoms with E-state index in [1.54, 1.807) is 0 Å². The molecule has 9 rings (SSSR count). The summed E-state index contributed by atoms with van der Waals surface area (Å²) in [7, 11) is -2.04. The second-order valence-corrected chi connectivity index (χ2v) is 20.9. The number of rotatable bonds is 12. The lowest BCUT2D eigenvalue weighted by atomic mass is 9.85. The average molecular weight is 869 g/mol. The standard InChI is InChI=1S/C54H54N5O4P/c1-7-39-32(3)42-29-44-34(5)41(25-26-48(60)55-27-18-28-64(36-19-12-9-13-20-36,37-21-14-10-15-22-37)38-23-16-11-17-24-38)51(58-44)50-52-49(53(61)63-54(50)62)35(6)45(59-52)31-47-40(8-2)33(4)43(57-47)30-46(39)56-42/h9-17,19-24,29-31,34,41H,7-8,18,25-28H2,1-6H3,(H2-,55,56,57,58,59,60,61,62)/p+1/t34-,41-/m0/s1. The summed E-state index contributed by atoms with van der Waals surface area (Å²) in [6, 6.07) is 38.5. The minimum Gasteiger partial charge on any atom is -0.386 e. The first kappa shape index (κ1) is 42.8. The van der Waals surface area contributed by atoms with Crippen LogP contribution in [0.1, 0.15) is 139 Å². The van der Waals surface area contributed by atoms with Crippen LogP contribution < -0.4 is 21.2 Å². The maximum Gasteiger partial charge on any atom is 0.349 e. The van der Waals surface area contributed by atoms with Crippen LogP contribution in [0, 0.1) is 6.92 Å². The van der Waals surface area contributed by atoms with Gasteiger partial charge in [-0.2, -0.15) is 0 Å². The molecule has 2 aromatic heterocycles. The van der Waals surface area contributed by atoms with E-state index in [0.29, 0.717) is 40.8 Å². The van der Waals surface area contributed by atoms with Crippen molar-refractivity contribution in [3.63, 3.8) is 0 Å². The van der Waals surface area contributed by atoms with Crippen molar-refractivity contribution < 1.29 is 19.1 Å². The molecule has 1 amide bonds. The van der Waals surface area contributed by atoms with Gasteiger partial charge in [-0.15, -0.1) is 0 Å². The molecule has 0 saturated carbocycles. The van der Waals surface area contributed by atoms with Crippen molar-refractivity contribution in [1.82, 2.24) is 25.3 Å². The Kier molecular flexibility index (Phi) is 11.8. The molecule has 9 nitrogen and oxygen atoms in total. The molecule has 0 aliphatic carbocycles. The second kappa shape index (κ2) is 17.6. The number of nitrogens with zero attached hydrogens (tertiary/aromatic N) is 2. The van der Waals surface area contributed by atoms with Gasteiger partial charge in [0, 0.05) is 41.7 Å². The summed E-state index contributed by atoms with van der Waals surface area (Å²) in [5, 5.41) is 7.21. The maximum atomic E-state index is 14.0. The number of allylic oxidation sites excluding steroid dienone is 4. The first-order chi connectivity index (χ1) is 31.0. The molecule has 0 fully saturated rings. The van der Waals surface area contributed by atoms with Gasteiger partial charge in [0.05, 0.1) is 40.0 Å². The molecule has 10 heteroatoms. The van der Waals surface area contributed by atoms with Crippen LogP contribution in [-0.4, -0.2) is 50.5 Å². The van der Waals surface area contributed by atoms with Gasteiger partial charge < -0.3 is 20.0 Å². The molecule has 324 valence electrons. The van der Waals surface area contributed by atoms with E-state index >= 15 is 0 Å². The molecular weight excluding hydrogens is 814 g/mol. The van der Waals surface area contributed by atoms with Crippen LogP contribution in [0.15, 0.2) is 109 Å². The van der Waals surface area contributed by atoms with Gasteiger partial charge in [-0.25, -0.2) is 19.6 Å². The number of H-pyrrole nitrogens is 2. The molecule has 6 heterocycles. The van der Waals surface area contributed by atoms with Gasteiger partial charge in [0.25, 0.3) is 0 Å². The van der Waals surface area contributed by atoms with E-state index in [2.05, 4.69) is 153 Å². The Bertz CT molecular complexity index is 2850. The van der Waals surface area contributed by atoms with E-state index in [-0.39, 0.29) is 29.7 Å². The highest BCUT2D eigenvalue weighted by Crippen LogP contribution is 2.55. The minimum absolute atomic E-state index is 0.0464. The Hall–Kier alpha value is -6.44. The number of esters is 2. The van der Waals surface area contributed by atoms with Crippen LogP contribution >= 0.6 is 7.26 Å². The lowest BCUT2D eigenvalue weighted by molar-refractivity contribution is -0.121. The van der Waals surface area contributed by atoms with E-state index in [1.165, 1.54) is 21.5 Å². The maximum absolute atomic E-state index is 14.0. The summed E-state index contributed by atoms with van der Waals surface area (Å²) in [5.41, 5.74) is 11.8.